The molecule has 0 aromatic heterocycles. The average Bonchev–Trinajstić information content (AvgIpc) is 2.74. The zero-order chi connectivity index (χ0) is 20.2. The Balaban J connectivity index is 1.55. The van der Waals surface area contributed by atoms with E-state index in [9.17, 15) is 14.7 Å². The molecule has 0 aliphatic heterocycles. The van der Waals surface area contributed by atoms with Gasteiger partial charge in [0.1, 0.15) is 11.5 Å². The number of amides is 1. The zero-order valence-corrected chi connectivity index (χ0v) is 15.3. The number of anilines is 1. The molecule has 0 bridgehead atoms. The number of rotatable bonds is 5. The number of hydrogen-bond donors (Lipinski definition) is 2. The Kier molecular flexibility index (Phi) is 4.95. The summed E-state index contributed by atoms with van der Waals surface area (Å²) in [5.74, 6) is -0.339. The van der Waals surface area contributed by atoms with E-state index < -0.39 is 11.9 Å². The second kappa shape index (κ2) is 7.86. The van der Waals surface area contributed by atoms with Crippen LogP contribution in [0.25, 0.3) is 10.8 Å². The molecule has 0 heterocycles. The van der Waals surface area contributed by atoms with Crippen LogP contribution in [0.1, 0.15) is 20.7 Å². The highest BCUT2D eigenvalue weighted by atomic mass is 16.5. The van der Waals surface area contributed by atoms with Crippen LogP contribution < -0.4 is 10.1 Å². The average molecular weight is 383 g/mol. The summed E-state index contributed by atoms with van der Waals surface area (Å²) in [5, 5.41) is 14.1. The Labute approximate surface area is 167 Å². The smallest absolute Gasteiger partial charge is 0.337 e. The van der Waals surface area contributed by atoms with Crippen molar-refractivity contribution in [2.45, 2.75) is 0 Å². The number of hydrogen-bond acceptors (Lipinski definition) is 3. The Morgan fingerprint density at radius 1 is 0.724 bits per heavy atom. The van der Waals surface area contributed by atoms with Gasteiger partial charge in [-0.1, -0.05) is 48.5 Å². The molecule has 0 aliphatic rings. The minimum atomic E-state index is -1.10. The van der Waals surface area contributed by atoms with Gasteiger partial charge in [0.2, 0.25) is 0 Å². The van der Waals surface area contributed by atoms with Crippen molar-refractivity contribution in [2.75, 3.05) is 5.32 Å². The molecular weight excluding hydrogens is 366 g/mol. The fraction of sp³-hybridized carbons (Fsp3) is 0. The summed E-state index contributed by atoms with van der Waals surface area (Å²) in [5.41, 5.74) is 0.638. The molecule has 0 radical (unpaired) electrons. The number of nitrogens with one attached hydrogen (secondary N) is 1. The third-order valence-electron chi connectivity index (χ3n) is 4.46. The number of fused-ring (bicyclic) bond motifs is 1. The normalized spacial score (nSPS) is 10.5. The molecular formula is C24H17NO4. The van der Waals surface area contributed by atoms with Crippen molar-refractivity contribution in [1.82, 2.24) is 0 Å². The maximum Gasteiger partial charge on any atom is 0.337 e. The Hall–Kier alpha value is -4.12. The molecule has 0 saturated carbocycles. The number of carbonyl (C=O) groups is 2. The van der Waals surface area contributed by atoms with Gasteiger partial charge in [-0.2, -0.15) is 0 Å². The molecule has 0 aliphatic carbocycles. The van der Waals surface area contributed by atoms with Gasteiger partial charge in [-0.3, -0.25) is 4.79 Å². The van der Waals surface area contributed by atoms with Gasteiger partial charge in [0, 0.05) is 5.56 Å². The monoisotopic (exact) mass is 383 g/mol. The van der Waals surface area contributed by atoms with E-state index in [1.807, 2.05) is 42.5 Å². The highest BCUT2D eigenvalue weighted by Crippen LogP contribution is 2.26. The number of ether oxygens (including phenoxy) is 1. The van der Waals surface area contributed by atoms with Gasteiger partial charge >= 0.3 is 5.97 Å². The van der Waals surface area contributed by atoms with Gasteiger partial charge in [-0.25, -0.2) is 4.79 Å². The first kappa shape index (κ1) is 18.3. The van der Waals surface area contributed by atoms with E-state index in [1.165, 1.54) is 6.07 Å². The van der Waals surface area contributed by atoms with Crippen LogP contribution in [0.2, 0.25) is 0 Å². The number of para-hydroxylation sites is 1. The second-order valence-corrected chi connectivity index (χ2v) is 6.44. The van der Waals surface area contributed by atoms with Gasteiger partial charge < -0.3 is 15.2 Å². The standard InChI is InChI=1S/C24H17NO4/c26-23(25-22-11-4-3-10-21(22)24(27)28)18-8-5-9-19(15-18)29-20-13-12-16-6-1-2-7-17(16)14-20/h1-15H,(H,25,26)(H,27,28). The number of benzene rings is 4. The molecule has 0 unspecified atom stereocenters. The van der Waals surface area contributed by atoms with Crippen molar-refractivity contribution in [1.29, 1.82) is 0 Å². The topological polar surface area (TPSA) is 75.6 Å². The molecule has 2 N–H and O–H groups in total. The second-order valence-electron chi connectivity index (χ2n) is 6.44. The molecule has 1 amide bonds. The van der Waals surface area contributed by atoms with E-state index in [-0.39, 0.29) is 11.3 Å². The quantitative estimate of drug-likeness (QED) is 0.471. The number of carboxylic acids is 1. The van der Waals surface area contributed by atoms with Crippen LogP contribution in [0.3, 0.4) is 0 Å². The van der Waals surface area contributed by atoms with Crippen LogP contribution in [0.4, 0.5) is 5.69 Å². The molecule has 4 aromatic rings. The Morgan fingerprint density at radius 3 is 2.28 bits per heavy atom. The van der Waals surface area contributed by atoms with Crippen LogP contribution >= 0.6 is 0 Å². The lowest BCUT2D eigenvalue weighted by atomic mass is 10.1. The minimum absolute atomic E-state index is 0.0319. The highest BCUT2D eigenvalue weighted by molar-refractivity contribution is 6.07. The zero-order valence-electron chi connectivity index (χ0n) is 15.3. The molecule has 29 heavy (non-hydrogen) atoms. The van der Waals surface area contributed by atoms with Crippen LogP contribution in [-0.4, -0.2) is 17.0 Å². The first-order chi connectivity index (χ1) is 14.1. The van der Waals surface area contributed by atoms with Crippen LogP contribution in [-0.2, 0) is 0 Å². The number of carbonyl (C=O) groups excluding carboxylic acids is 1. The molecule has 0 atom stereocenters. The summed E-state index contributed by atoms with van der Waals surface area (Å²) in [6, 6.07) is 26.8. The summed E-state index contributed by atoms with van der Waals surface area (Å²) in [4.78, 5) is 23.9. The maximum atomic E-state index is 12.6. The predicted octanol–water partition coefficient (Wildman–Crippen LogP) is 5.58. The first-order valence-electron chi connectivity index (χ1n) is 9.00. The lowest BCUT2D eigenvalue weighted by Gasteiger charge is -2.10. The van der Waals surface area contributed by atoms with Crippen molar-refractivity contribution in [2.24, 2.45) is 0 Å². The predicted molar refractivity (Wildman–Crippen MR) is 112 cm³/mol. The third-order valence-corrected chi connectivity index (χ3v) is 4.46. The van der Waals surface area contributed by atoms with Gasteiger partial charge in [-0.15, -0.1) is 0 Å². The van der Waals surface area contributed by atoms with Gasteiger partial charge in [-0.05, 0) is 53.2 Å². The van der Waals surface area contributed by atoms with Crippen molar-refractivity contribution in [3.05, 3.63) is 102 Å². The van der Waals surface area contributed by atoms with Crippen molar-refractivity contribution < 1.29 is 19.4 Å². The summed E-state index contributed by atoms with van der Waals surface area (Å²) < 4.78 is 5.92. The number of carboxylic acid groups (broad SMARTS) is 1. The molecule has 0 fully saturated rings. The van der Waals surface area contributed by atoms with E-state index in [1.54, 1.807) is 42.5 Å². The Morgan fingerprint density at radius 2 is 1.45 bits per heavy atom. The van der Waals surface area contributed by atoms with Gasteiger partial charge in [0.15, 0.2) is 0 Å². The molecule has 4 aromatic carbocycles. The van der Waals surface area contributed by atoms with Gasteiger partial charge in [0.05, 0.1) is 11.3 Å². The molecule has 0 saturated heterocycles. The van der Waals surface area contributed by atoms with Crippen LogP contribution in [0.15, 0.2) is 91.0 Å². The third kappa shape index (κ3) is 4.09. The molecule has 142 valence electrons. The SMILES string of the molecule is O=C(Nc1ccccc1C(=O)O)c1cccc(Oc2ccc3ccccc3c2)c1. The Bertz CT molecular complexity index is 1220. The summed E-state index contributed by atoms with van der Waals surface area (Å²) >= 11 is 0. The molecule has 4 rings (SSSR count). The van der Waals surface area contributed by atoms with E-state index in [0.29, 0.717) is 17.1 Å². The van der Waals surface area contributed by atoms with E-state index in [4.69, 9.17) is 4.74 Å². The van der Waals surface area contributed by atoms with Crippen LogP contribution in [0.5, 0.6) is 11.5 Å². The van der Waals surface area contributed by atoms with E-state index in [0.717, 1.165) is 10.8 Å². The van der Waals surface area contributed by atoms with E-state index in [2.05, 4.69) is 5.32 Å². The minimum Gasteiger partial charge on any atom is -0.478 e. The summed E-state index contributed by atoms with van der Waals surface area (Å²) in [6.45, 7) is 0. The highest BCUT2D eigenvalue weighted by Gasteiger charge is 2.13. The molecule has 5 nitrogen and oxygen atoms in total. The van der Waals surface area contributed by atoms with Crippen molar-refractivity contribution >= 4 is 28.3 Å². The largest absolute Gasteiger partial charge is 0.478 e. The lowest BCUT2D eigenvalue weighted by molar-refractivity contribution is 0.0698. The number of aromatic carboxylic acids is 1. The summed E-state index contributed by atoms with van der Waals surface area (Å²) in [7, 11) is 0. The van der Waals surface area contributed by atoms with Crippen LogP contribution in [0, 0.1) is 0 Å². The fourth-order valence-corrected chi connectivity index (χ4v) is 3.04. The van der Waals surface area contributed by atoms with Crippen molar-refractivity contribution in [3.63, 3.8) is 0 Å². The maximum absolute atomic E-state index is 12.6. The van der Waals surface area contributed by atoms with Crippen molar-refractivity contribution in [3.8, 4) is 11.5 Å². The molecule has 5 heteroatoms. The first-order valence-corrected chi connectivity index (χ1v) is 9.00. The fourth-order valence-electron chi connectivity index (χ4n) is 3.04. The lowest BCUT2D eigenvalue weighted by Crippen LogP contribution is -2.14. The molecule has 0 spiro atoms. The van der Waals surface area contributed by atoms with E-state index >= 15 is 0 Å². The van der Waals surface area contributed by atoms with Gasteiger partial charge in [0.25, 0.3) is 5.91 Å². The summed E-state index contributed by atoms with van der Waals surface area (Å²) in [6.07, 6.45) is 0.